The SMILES string of the molecule is COC(=O)c1sc(-c2ccc(NC(=O)c3ccc(F)cc3)c(Cl)c2)cc1N(C(=O)[C@H]1CC[C@H](C)CC1)C(C)C. The van der Waals surface area contributed by atoms with Gasteiger partial charge in [-0.1, -0.05) is 24.6 Å². The molecule has 0 saturated heterocycles. The second-order valence-electron chi connectivity index (χ2n) is 10.2. The number of hydrogen-bond donors (Lipinski definition) is 1. The highest BCUT2D eigenvalue weighted by atomic mass is 35.5. The van der Waals surface area contributed by atoms with Crippen molar-refractivity contribution in [1.29, 1.82) is 0 Å². The summed E-state index contributed by atoms with van der Waals surface area (Å²) in [5.74, 6) is -0.778. The van der Waals surface area contributed by atoms with Crippen LogP contribution >= 0.6 is 22.9 Å². The van der Waals surface area contributed by atoms with Crippen LogP contribution in [0.25, 0.3) is 10.4 Å². The lowest BCUT2D eigenvalue weighted by atomic mass is 9.82. The number of nitrogens with one attached hydrogen (secondary N) is 1. The van der Waals surface area contributed by atoms with E-state index >= 15 is 0 Å². The van der Waals surface area contributed by atoms with Crippen molar-refractivity contribution < 1.29 is 23.5 Å². The standard InChI is InChI=1S/C30H32ClFN2O4S/c1-17(2)34(29(36)20-7-5-18(3)6-8-20)25-16-26(39-27(25)30(37)38-4)21-11-14-24(23(31)15-21)33-28(35)19-9-12-22(32)13-10-19/h9-18,20H,5-8H2,1-4H3,(H,33,35)/t18-,20-. The van der Waals surface area contributed by atoms with E-state index in [0.29, 0.717) is 32.8 Å². The van der Waals surface area contributed by atoms with Gasteiger partial charge < -0.3 is 15.0 Å². The molecule has 4 rings (SSSR count). The zero-order valence-electron chi connectivity index (χ0n) is 22.4. The van der Waals surface area contributed by atoms with Crippen LogP contribution in [0.2, 0.25) is 5.02 Å². The van der Waals surface area contributed by atoms with E-state index < -0.39 is 17.7 Å². The quantitative estimate of drug-likeness (QED) is 0.294. The van der Waals surface area contributed by atoms with E-state index in [1.54, 1.807) is 23.1 Å². The van der Waals surface area contributed by atoms with E-state index in [-0.39, 0.29) is 17.9 Å². The second-order valence-corrected chi connectivity index (χ2v) is 11.7. The number of halogens is 2. The number of benzene rings is 2. The van der Waals surface area contributed by atoms with Gasteiger partial charge in [-0.05, 0) is 93.5 Å². The first kappa shape index (κ1) is 28.8. The topological polar surface area (TPSA) is 75.7 Å². The molecule has 0 radical (unpaired) electrons. The summed E-state index contributed by atoms with van der Waals surface area (Å²) in [6.07, 6.45) is 3.72. The zero-order chi connectivity index (χ0) is 28.3. The first-order valence-electron chi connectivity index (χ1n) is 13.0. The van der Waals surface area contributed by atoms with Crippen LogP contribution in [0.4, 0.5) is 15.8 Å². The Bertz CT molecular complexity index is 1360. The van der Waals surface area contributed by atoms with E-state index in [9.17, 15) is 18.8 Å². The molecule has 1 heterocycles. The smallest absolute Gasteiger partial charge is 0.350 e. The predicted octanol–water partition coefficient (Wildman–Crippen LogP) is 7.81. The molecule has 39 heavy (non-hydrogen) atoms. The number of nitrogens with zero attached hydrogens (tertiary/aromatic N) is 1. The van der Waals surface area contributed by atoms with Gasteiger partial charge >= 0.3 is 5.97 Å². The summed E-state index contributed by atoms with van der Waals surface area (Å²) in [5, 5.41) is 3.04. The normalized spacial score (nSPS) is 17.1. The molecule has 0 unspecified atom stereocenters. The molecule has 1 fully saturated rings. The summed E-state index contributed by atoms with van der Waals surface area (Å²) in [4.78, 5) is 41.9. The van der Waals surface area contributed by atoms with E-state index in [1.165, 1.54) is 42.7 Å². The fraction of sp³-hybridized carbons (Fsp3) is 0.367. The largest absolute Gasteiger partial charge is 0.465 e. The van der Waals surface area contributed by atoms with Gasteiger partial charge in [-0.15, -0.1) is 11.3 Å². The number of methoxy groups -OCH3 is 1. The highest BCUT2D eigenvalue weighted by molar-refractivity contribution is 7.18. The Balaban J connectivity index is 1.64. The Morgan fingerprint density at radius 2 is 1.72 bits per heavy atom. The molecule has 1 aliphatic carbocycles. The first-order chi connectivity index (χ1) is 18.6. The van der Waals surface area contributed by atoms with Gasteiger partial charge in [0.05, 0.1) is 23.5 Å². The summed E-state index contributed by atoms with van der Waals surface area (Å²) < 4.78 is 18.3. The number of carbonyl (C=O) groups excluding carboxylic acids is 3. The van der Waals surface area contributed by atoms with Crippen molar-refractivity contribution in [3.63, 3.8) is 0 Å². The lowest BCUT2D eigenvalue weighted by molar-refractivity contribution is -0.123. The number of rotatable bonds is 7. The maximum atomic E-state index is 13.7. The highest BCUT2D eigenvalue weighted by Crippen LogP contribution is 2.41. The Morgan fingerprint density at radius 3 is 2.31 bits per heavy atom. The van der Waals surface area contributed by atoms with Crippen LogP contribution in [-0.4, -0.2) is 30.9 Å². The summed E-state index contributed by atoms with van der Waals surface area (Å²) >= 11 is 7.76. The Kier molecular flexibility index (Phi) is 9.08. The molecule has 1 aromatic heterocycles. The van der Waals surface area contributed by atoms with Crippen molar-refractivity contribution in [2.75, 3.05) is 17.3 Å². The molecule has 1 aliphatic rings. The van der Waals surface area contributed by atoms with Crippen LogP contribution in [0.1, 0.15) is 66.5 Å². The molecule has 0 atom stereocenters. The number of esters is 1. The Morgan fingerprint density at radius 1 is 1.05 bits per heavy atom. The van der Waals surface area contributed by atoms with Crippen molar-refractivity contribution in [2.45, 2.75) is 52.5 Å². The zero-order valence-corrected chi connectivity index (χ0v) is 24.0. The van der Waals surface area contributed by atoms with Gasteiger partial charge in [0.25, 0.3) is 5.91 Å². The van der Waals surface area contributed by atoms with E-state index in [1.807, 2.05) is 19.9 Å². The second kappa shape index (κ2) is 12.3. The monoisotopic (exact) mass is 570 g/mol. The minimum atomic E-state index is -0.508. The van der Waals surface area contributed by atoms with E-state index in [2.05, 4.69) is 12.2 Å². The molecule has 1 N–H and O–H groups in total. The molecule has 0 aliphatic heterocycles. The molecule has 9 heteroatoms. The number of thiophene rings is 1. The Labute approximate surface area is 237 Å². The summed E-state index contributed by atoms with van der Waals surface area (Å²) in [7, 11) is 1.32. The minimum absolute atomic E-state index is 0.0308. The van der Waals surface area contributed by atoms with Gasteiger partial charge in [0.1, 0.15) is 10.7 Å². The maximum Gasteiger partial charge on any atom is 0.350 e. The predicted molar refractivity (Wildman–Crippen MR) is 154 cm³/mol. The van der Waals surface area contributed by atoms with Gasteiger partial charge in [0.2, 0.25) is 5.91 Å². The fourth-order valence-electron chi connectivity index (χ4n) is 4.86. The average Bonchev–Trinajstić information content (AvgIpc) is 3.34. The summed E-state index contributed by atoms with van der Waals surface area (Å²) in [6, 6.07) is 12.0. The third kappa shape index (κ3) is 6.50. The fourth-order valence-corrected chi connectivity index (χ4v) is 6.15. The first-order valence-corrected chi connectivity index (χ1v) is 14.2. The number of hydrogen-bond acceptors (Lipinski definition) is 5. The van der Waals surface area contributed by atoms with Crippen LogP contribution in [0.15, 0.2) is 48.5 Å². The lowest BCUT2D eigenvalue weighted by Gasteiger charge is -2.33. The molecule has 1 saturated carbocycles. The maximum absolute atomic E-state index is 13.7. The van der Waals surface area contributed by atoms with E-state index in [4.69, 9.17) is 16.3 Å². The molecule has 2 aromatic carbocycles. The third-order valence-electron chi connectivity index (χ3n) is 7.07. The third-order valence-corrected chi connectivity index (χ3v) is 8.54. The molecule has 6 nitrogen and oxygen atoms in total. The summed E-state index contributed by atoms with van der Waals surface area (Å²) in [6.45, 7) is 6.10. The molecule has 0 bridgehead atoms. The van der Waals surface area contributed by atoms with Crippen LogP contribution in [0, 0.1) is 17.7 Å². The number of ether oxygens (including phenoxy) is 1. The van der Waals surface area contributed by atoms with Crippen LogP contribution in [-0.2, 0) is 9.53 Å². The van der Waals surface area contributed by atoms with Gasteiger partial charge in [-0.2, -0.15) is 0 Å². The molecular formula is C30H32ClFN2O4S. The minimum Gasteiger partial charge on any atom is -0.465 e. The number of carbonyl (C=O) groups is 3. The van der Waals surface area contributed by atoms with Crippen LogP contribution in [0.3, 0.4) is 0 Å². The van der Waals surface area contributed by atoms with Crippen molar-refractivity contribution in [2.24, 2.45) is 11.8 Å². The number of anilines is 2. The highest BCUT2D eigenvalue weighted by Gasteiger charge is 2.33. The Hall–Kier alpha value is -3.23. The van der Waals surface area contributed by atoms with Crippen molar-refractivity contribution in [3.05, 3.63) is 69.8 Å². The van der Waals surface area contributed by atoms with Crippen molar-refractivity contribution >= 4 is 52.1 Å². The molecule has 206 valence electrons. The molecule has 2 amide bonds. The van der Waals surface area contributed by atoms with Crippen molar-refractivity contribution in [1.82, 2.24) is 0 Å². The molecule has 0 spiro atoms. The van der Waals surface area contributed by atoms with E-state index in [0.717, 1.165) is 36.1 Å². The molecular weight excluding hydrogens is 539 g/mol. The number of amides is 2. The average molecular weight is 571 g/mol. The summed E-state index contributed by atoms with van der Waals surface area (Å²) in [5.41, 5.74) is 1.95. The van der Waals surface area contributed by atoms with Crippen LogP contribution < -0.4 is 10.2 Å². The lowest BCUT2D eigenvalue weighted by Crippen LogP contribution is -2.42. The van der Waals surface area contributed by atoms with Crippen LogP contribution in [0.5, 0.6) is 0 Å². The van der Waals surface area contributed by atoms with Gasteiger partial charge in [0, 0.05) is 22.4 Å². The van der Waals surface area contributed by atoms with Crippen molar-refractivity contribution in [3.8, 4) is 10.4 Å². The molecule has 3 aromatic rings. The van der Waals surface area contributed by atoms with Gasteiger partial charge in [0.15, 0.2) is 0 Å². The van der Waals surface area contributed by atoms with Gasteiger partial charge in [-0.25, -0.2) is 9.18 Å². The van der Waals surface area contributed by atoms with Gasteiger partial charge in [-0.3, -0.25) is 9.59 Å².